The van der Waals surface area contributed by atoms with Crippen LogP contribution in [-0.4, -0.2) is 78.1 Å². The highest BCUT2D eigenvalue weighted by Crippen LogP contribution is 2.18. The standard InChI is InChI=1S/C20H22N8O3/c1-2-4-16-15(3-1)14(11-22-16)12-23-27-18-24-19(28-6-9-29-10-7-28)26-20(25-18)31-13-17-21-5-8-30-17/h1-4,11-12,22H,5-10,13H2,(H,24,25,26,27)/b23-12-. The predicted octanol–water partition coefficient (Wildman–Crippen LogP) is 1.44. The van der Waals surface area contributed by atoms with Crippen LogP contribution in [0.1, 0.15) is 5.56 Å². The molecule has 2 aliphatic rings. The van der Waals surface area contributed by atoms with Gasteiger partial charge in [-0.15, -0.1) is 0 Å². The van der Waals surface area contributed by atoms with Crippen molar-refractivity contribution in [2.24, 2.45) is 10.1 Å². The maximum Gasteiger partial charge on any atom is 0.323 e. The molecule has 4 heterocycles. The normalized spacial score (nSPS) is 16.5. The zero-order valence-corrected chi connectivity index (χ0v) is 16.8. The second kappa shape index (κ2) is 8.96. The zero-order valence-electron chi connectivity index (χ0n) is 16.8. The molecule has 11 heteroatoms. The summed E-state index contributed by atoms with van der Waals surface area (Å²) in [6.07, 6.45) is 3.62. The number of H-pyrrole nitrogens is 1. The van der Waals surface area contributed by atoms with Gasteiger partial charge in [-0.2, -0.15) is 20.1 Å². The van der Waals surface area contributed by atoms with Crippen molar-refractivity contribution in [1.29, 1.82) is 0 Å². The number of aromatic nitrogens is 4. The Labute approximate surface area is 178 Å². The Bertz CT molecular complexity index is 1110. The van der Waals surface area contributed by atoms with Gasteiger partial charge < -0.3 is 24.1 Å². The van der Waals surface area contributed by atoms with Gasteiger partial charge in [0, 0.05) is 35.8 Å². The molecule has 31 heavy (non-hydrogen) atoms. The SMILES string of the molecule is C(=N/Nc1nc(OCC2=NCCO2)nc(N2CCOCC2)n1)/c1c[nH]c2ccccc12. The second-order valence-electron chi connectivity index (χ2n) is 6.91. The fourth-order valence-corrected chi connectivity index (χ4v) is 3.32. The number of fused-ring (bicyclic) bond motifs is 1. The summed E-state index contributed by atoms with van der Waals surface area (Å²) in [5.74, 6) is 1.34. The summed E-state index contributed by atoms with van der Waals surface area (Å²) >= 11 is 0. The number of aliphatic imine (C=N–C) groups is 1. The van der Waals surface area contributed by atoms with Crippen LogP contribution in [0.5, 0.6) is 6.01 Å². The molecule has 0 aliphatic carbocycles. The first kappa shape index (κ1) is 19.2. The summed E-state index contributed by atoms with van der Waals surface area (Å²) in [4.78, 5) is 22.7. The molecule has 5 rings (SSSR count). The number of nitrogens with one attached hydrogen (secondary N) is 2. The van der Waals surface area contributed by atoms with Gasteiger partial charge >= 0.3 is 6.01 Å². The molecule has 1 aromatic carbocycles. The first-order chi connectivity index (χ1) is 15.3. The zero-order chi connectivity index (χ0) is 20.9. The van der Waals surface area contributed by atoms with Crippen molar-refractivity contribution in [3.63, 3.8) is 0 Å². The molecule has 1 saturated heterocycles. The number of aromatic amines is 1. The molecular weight excluding hydrogens is 400 g/mol. The third-order valence-electron chi connectivity index (χ3n) is 4.86. The van der Waals surface area contributed by atoms with Gasteiger partial charge in [-0.25, -0.2) is 10.4 Å². The lowest BCUT2D eigenvalue weighted by Gasteiger charge is -2.26. The third kappa shape index (κ3) is 4.56. The Morgan fingerprint density at radius 1 is 1.16 bits per heavy atom. The van der Waals surface area contributed by atoms with Crippen LogP contribution in [-0.2, 0) is 9.47 Å². The molecule has 1 fully saturated rings. The summed E-state index contributed by atoms with van der Waals surface area (Å²) in [7, 11) is 0. The van der Waals surface area contributed by atoms with Crippen molar-refractivity contribution in [2.75, 3.05) is 56.4 Å². The molecule has 11 nitrogen and oxygen atoms in total. The van der Waals surface area contributed by atoms with Crippen LogP contribution in [0, 0.1) is 0 Å². The largest absolute Gasteiger partial charge is 0.477 e. The minimum absolute atomic E-state index is 0.171. The fourth-order valence-electron chi connectivity index (χ4n) is 3.32. The Hall–Kier alpha value is -3.73. The molecule has 0 amide bonds. The molecule has 0 atom stereocenters. The number of morpholine rings is 1. The average molecular weight is 422 g/mol. The molecule has 2 aromatic heterocycles. The number of benzene rings is 1. The van der Waals surface area contributed by atoms with E-state index in [-0.39, 0.29) is 18.6 Å². The van der Waals surface area contributed by atoms with E-state index < -0.39 is 0 Å². The summed E-state index contributed by atoms with van der Waals surface area (Å²) in [5.41, 5.74) is 4.89. The van der Waals surface area contributed by atoms with Crippen LogP contribution in [0.15, 0.2) is 40.6 Å². The molecule has 0 spiro atoms. The lowest BCUT2D eigenvalue weighted by Crippen LogP contribution is -2.37. The highest BCUT2D eigenvalue weighted by atomic mass is 16.5. The summed E-state index contributed by atoms with van der Waals surface area (Å²) < 4.78 is 16.5. The minimum Gasteiger partial charge on any atom is -0.477 e. The fraction of sp³-hybridized carbons (Fsp3) is 0.350. The maximum atomic E-state index is 5.70. The molecular formula is C20H22N8O3. The van der Waals surface area contributed by atoms with Gasteiger partial charge in [0.05, 0.1) is 26.0 Å². The topological polar surface area (TPSA) is 122 Å². The summed E-state index contributed by atoms with van der Waals surface area (Å²) in [6.45, 7) is 4.01. The monoisotopic (exact) mass is 422 g/mol. The van der Waals surface area contributed by atoms with E-state index in [2.05, 4.69) is 35.5 Å². The van der Waals surface area contributed by atoms with Crippen molar-refractivity contribution in [2.45, 2.75) is 0 Å². The second-order valence-corrected chi connectivity index (χ2v) is 6.91. The Morgan fingerprint density at radius 3 is 2.94 bits per heavy atom. The Morgan fingerprint density at radius 2 is 2.06 bits per heavy atom. The van der Waals surface area contributed by atoms with Gasteiger partial charge in [0.15, 0.2) is 6.61 Å². The highest BCUT2D eigenvalue weighted by Gasteiger charge is 2.18. The van der Waals surface area contributed by atoms with Gasteiger partial charge in [0.2, 0.25) is 11.8 Å². The van der Waals surface area contributed by atoms with E-state index >= 15 is 0 Å². The number of para-hydroxylation sites is 1. The van der Waals surface area contributed by atoms with E-state index in [4.69, 9.17) is 14.2 Å². The number of nitrogens with zero attached hydrogens (tertiary/aromatic N) is 6. The van der Waals surface area contributed by atoms with Crippen molar-refractivity contribution < 1.29 is 14.2 Å². The van der Waals surface area contributed by atoms with Crippen LogP contribution in [0.2, 0.25) is 0 Å². The predicted molar refractivity (Wildman–Crippen MR) is 116 cm³/mol. The molecule has 0 saturated carbocycles. The first-order valence-corrected chi connectivity index (χ1v) is 10.1. The molecule has 2 aliphatic heterocycles. The van der Waals surface area contributed by atoms with Crippen LogP contribution >= 0.6 is 0 Å². The number of ether oxygens (including phenoxy) is 3. The number of anilines is 2. The van der Waals surface area contributed by atoms with Crippen molar-refractivity contribution >= 4 is 34.9 Å². The number of rotatable bonds is 7. The quantitative estimate of drug-likeness (QED) is 0.433. The smallest absolute Gasteiger partial charge is 0.323 e. The van der Waals surface area contributed by atoms with Crippen molar-refractivity contribution in [3.05, 3.63) is 36.0 Å². The van der Waals surface area contributed by atoms with E-state index in [1.54, 1.807) is 6.21 Å². The Balaban J connectivity index is 1.34. The summed E-state index contributed by atoms with van der Waals surface area (Å²) in [5, 5.41) is 5.39. The van der Waals surface area contributed by atoms with Gasteiger partial charge in [-0.3, -0.25) is 0 Å². The lowest BCUT2D eigenvalue weighted by atomic mass is 10.2. The van der Waals surface area contributed by atoms with Gasteiger partial charge in [0.25, 0.3) is 5.95 Å². The van der Waals surface area contributed by atoms with Crippen LogP contribution in [0.25, 0.3) is 10.9 Å². The number of hydrogen-bond donors (Lipinski definition) is 2. The molecule has 160 valence electrons. The van der Waals surface area contributed by atoms with Crippen LogP contribution < -0.4 is 15.1 Å². The van der Waals surface area contributed by atoms with Gasteiger partial charge in [0.1, 0.15) is 6.61 Å². The van der Waals surface area contributed by atoms with E-state index in [1.807, 2.05) is 35.4 Å². The van der Waals surface area contributed by atoms with E-state index in [1.165, 1.54) is 0 Å². The molecule has 3 aromatic rings. The average Bonchev–Trinajstić information content (AvgIpc) is 3.49. The van der Waals surface area contributed by atoms with E-state index in [0.717, 1.165) is 16.5 Å². The molecule has 0 radical (unpaired) electrons. The van der Waals surface area contributed by atoms with Gasteiger partial charge in [-0.05, 0) is 6.07 Å². The van der Waals surface area contributed by atoms with E-state index in [0.29, 0.717) is 51.3 Å². The van der Waals surface area contributed by atoms with Crippen LogP contribution in [0.4, 0.5) is 11.9 Å². The Kier molecular flexibility index (Phi) is 5.56. The molecule has 0 bridgehead atoms. The minimum atomic E-state index is 0.171. The van der Waals surface area contributed by atoms with Gasteiger partial charge in [-0.1, -0.05) is 18.2 Å². The number of hydrazone groups is 1. The van der Waals surface area contributed by atoms with Crippen LogP contribution in [0.3, 0.4) is 0 Å². The molecule has 0 unspecified atom stereocenters. The lowest BCUT2D eigenvalue weighted by molar-refractivity contribution is 0.122. The summed E-state index contributed by atoms with van der Waals surface area (Å²) in [6, 6.07) is 8.21. The van der Waals surface area contributed by atoms with E-state index in [9.17, 15) is 0 Å². The maximum absolute atomic E-state index is 5.70. The highest BCUT2D eigenvalue weighted by molar-refractivity contribution is 5.99. The van der Waals surface area contributed by atoms with Crippen molar-refractivity contribution in [1.82, 2.24) is 19.9 Å². The third-order valence-corrected chi connectivity index (χ3v) is 4.86. The van der Waals surface area contributed by atoms with Crippen molar-refractivity contribution in [3.8, 4) is 6.01 Å². The number of hydrogen-bond acceptors (Lipinski definition) is 10. The molecule has 2 N–H and O–H groups in total. The first-order valence-electron chi connectivity index (χ1n) is 10.1.